The van der Waals surface area contributed by atoms with Gasteiger partial charge in [-0.2, -0.15) is 0 Å². The fourth-order valence-electron chi connectivity index (χ4n) is 1.63. The van der Waals surface area contributed by atoms with Crippen LogP contribution in [0.25, 0.3) is 0 Å². The predicted molar refractivity (Wildman–Crippen MR) is 78.9 cm³/mol. The van der Waals surface area contributed by atoms with Crippen LogP contribution >= 0.6 is 11.3 Å². The van der Waals surface area contributed by atoms with Crippen LogP contribution in [0.5, 0.6) is 5.75 Å². The van der Waals surface area contributed by atoms with E-state index in [0.717, 1.165) is 22.0 Å². The molecule has 0 aliphatic heterocycles. The molecule has 106 valence electrons. The molecule has 0 radical (unpaired) electrons. The molecule has 2 rings (SSSR count). The largest absolute Gasteiger partial charge is 0.497 e. The normalized spacial score (nSPS) is 10.1. The van der Waals surface area contributed by atoms with Crippen molar-refractivity contribution in [2.45, 2.75) is 20.0 Å². The number of aromatic nitrogens is 1. The maximum atomic E-state index is 11.6. The first-order valence-corrected chi connectivity index (χ1v) is 7.11. The number of nitrogens with one attached hydrogen (secondary N) is 2. The Bertz CT molecular complexity index is 566. The molecular formula is C14H17N3O2S. The number of amides is 2. The molecule has 1 heterocycles. The number of urea groups is 1. The number of nitrogens with zero attached hydrogens (tertiary/aromatic N) is 1. The number of aryl methyl sites for hydroxylation is 1. The molecule has 2 amide bonds. The van der Waals surface area contributed by atoms with E-state index in [1.807, 2.05) is 36.6 Å². The fourth-order valence-corrected chi connectivity index (χ4v) is 2.34. The minimum atomic E-state index is -0.200. The highest BCUT2D eigenvalue weighted by molar-refractivity contribution is 7.09. The number of carbonyl (C=O) groups is 1. The summed E-state index contributed by atoms with van der Waals surface area (Å²) < 4.78 is 5.08. The third-order valence-corrected chi connectivity index (χ3v) is 3.65. The van der Waals surface area contributed by atoms with E-state index in [0.29, 0.717) is 13.1 Å². The summed E-state index contributed by atoms with van der Waals surface area (Å²) in [6.45, 7) is 2.86. The van der Waals surface area contributed by atoms with Gasteiger partial charge in [0.15, 0.2) is 0 Å². The van der Waals surface area contributed by atoms with E-state index >= 15 is 0 Å². The lowest BCUT2D eigenvalue weighted by Crippen LogP contribution is -2.34. The molecule has 6 heteroatoms. The quantitative estimate of drug-likeness (QED) is 0.889. The molecule has 1 aromatic heterocycles. The average molecular weight is 291 g/mol. The van der Waals surface area contributed by atoms with Gasteiger partial charge in [0, 0.05) is 17.6 Å². The molecular weight excluding hydrogens is 274 g/mol. The van der Waals surface area contributed by atoms with Crippen molar-refractivity contribution in [3.05, 3.63) is 45.9 Å². The van der Waals surface area contributed by atoms with E-state index in [2.05, 4.69) is 15.6 Å². The molecule has 0 fully saturated rings. The Labute approximate surface area is 122 Å². The Morgan fingerprint density at radius 1 is 1.25 bits per heavy atom. The van der Waals surface area contributed by atoms with Gasteiger partial charge in [-0.1, -0.05) is 12.1 Å². The van der Waals surface area contributed by atoms with E-state index in [4.69, 9.17) is 4.74 Å². The van der Waals surface area contributed by atoms with Crippen LogP contribution < -0.4 is 15.4 Å². The monoisotopic (exact) mass is 291 g/mol. The number of ether oxygens (including phenoxy) is 1. The molecule has 2 N–H and O–H groups in total. The Kier molecular flexibility index (Phi) is 4.95. The molecule has 0 unspecified atom stereocenters. The molecule has 0 saturated heterocycles. The third kappa shape index (κ3) is 4.24. The van der Waals surface area contributed by atoms with Crippen LogP contribution in [0.3, 0.4) is 0 Å². The smallest absolute Gasteiger partial charge is 0.315 e. The van der Waals surface area contributed by atoms with Gasteiger partial charge in [-0.25, -0.2) is 9.78 Å². The Balaban J connectivity index is 1.74. The molecule has 2 aromatic rings. The first kappa shape index (κ1) is 14.3. The van der Waals surface area contributed by atoms with Gasteiger partial charge in [0.2, 0.25) is 0 Å². The highest BCUT2D eigenvalue weighted by atomic mass is 32.1. The Morgan fingerprint density at radius 2 is 1.95 bits per heavy atom. The molecule has 0 saturated carbocycles. The SMILES string of the molecule is COc1ccc(CNC(=O)NCc2nc(C)cs2)cc1. The second-order valence-electron chi connectivity index (χ2n) is 4.27. The number of methoxy groups -OCH3 is 1. The summed E-state index contributed by atoms with van der Waals surface area (Å²) in [6.07, 6.45) is 0. The number of benzene rings is 1. The van der Waals surface area contributed by atoms with Gasteiger partial charge in [-0.15, -0.1) is 11.3 Å². The van der Waals surface area contributed by atoms with Gasteiger partial charge >= 0.3 is 6.03 Å². The topological polar surface area (TPSA) is 63.2 Å². The minimum absolute atomic E-state index is 0.200. The first-order valence-electron chi connectivity index (χ1n) is 6.23. The van der Waals surface area contributed by atoms with Gasteiger partial charge in [0.25, 0.3) is 0 Å². The summed E-state index contributed by atoms with van der Waals surface area (Å²) in [6, 6.07) is 7.38. The zero-order valence-electron chi connectivity index (χ0n) is 11.5. The van der Waals surface area contributed by atoms with Crippen LogP contribution in [-0.4, -0.2) is 18.1 Å². The average Bonchev–Trinajstić information content (AvgIpc) is 2.89. The lowest BCUT2D eigenvalue weighted by molar-refractivity contribution is 0.240. The zero-order chi connectivity index (χ0) is 14.4. The van der Waals surface area contributed by atoms with Gasteiger partial charge < -0.3 is 15.4 Å². The molecule has 0 spiro atoms. The lowest BCUT2D eigenvalue weighted by atomic mass is 10.2. The van der Waals surface area contributed by atoms with Gasteiger partial charge in [-0.05, 0) is 24.6 Å². The Morgan fingerprint density at radius 3 is 2.55 bits per heavy atom. The van der Waals surface area contributed by atoms with Crippen LogP contribution in [0.1, 0.15) is 16.3 Å². The third-order valence-electron chi connectivity index (χ3n) is 2.68. The number of carbonyl (C=O) groups excluding carboxylic acids is 1. The summed E-state index contributed by atoms with van der Waals surface area (Å²) in [4.78, 5) is 15.9. The van der Waals surface area contributed by atoms with Crippen molar-refractivity contribution in [3.63, 3.8) is 0 Å². The van der Waals surface area contributed by atoms with Crippen molar-refractivity contribution in [3.8, 4) is 5.75 Å². The summed E-state index contributed by atoms with van der Waals surface area (Å²) in [5.74, 6) is 0.803. The van der Waals surface area contributed by atoms with Crippen LogP contribution in [-0.2, 0) is 13.1 Å². The zero-order valence-corrected chi connectivity index (χ0v) is 12.3. The maximum absolute atomic E-state index is 11.6. The van der Waals surface area contributed by atoms with E-state index in [9.17, 15) is 4.79 Å². The first-order chi connectivity index (χ1) is 9.67. The fraction of sp³-hybridized carbons (Fsp3) is 0.286. The van der Waals surface area contributed by atoms with Crippen molar-refractivity contribution in [2.75, 3.05) is 7.11 Å². The standard InChI is InChI=1S/C14H17N3O2S/c1-10-9-20-13(17-10)8-16-14(18)15-7-11-3-5-12(19-2)6-4-11/h3-6,9H,7-8H2,1-2H3,(H2,15,16,18). The van der Waals surface area contributed by atoms with Gasteiger partial charge in [-0.3, -0.25) is 0 Å². The maximum Gasteiger partial charge on any atom is 0.315 e. The molecule has 5 nitrogen and oxygen atoms in total. The van der Waals surface area contributed by atoms with E-state index < -0.39 is 0 Å². The van der Waals surface area contributed by atoms with E-state index in [1.165, 1.54) is 0 Å². The number of hydrogen-bond acceptors (Lipinski definition) is 4. The molecule has 0 bridgehead atoms. The minimum Gasteiger partial charge on any atom is -0.497 e. The number of hydrogen-bond donors (Lipinski definition) is 2. The second-order valence-corrected chi connectivity index (χ2v) is 5.21. The van der Waals surface area contributed by atoms with E-state index in [1.54, 1.807) is 18.4 Å². The van der Waals surface area contributed by atoms with Crippen LogP contribution in [0.4, 0.5) is 4.79 Å². The molecule has 0 aliphatic rings. The number of rotatable bonds is 5. The Hall–Kier alpha value is -2.08. The van der Waals surface area contributed by atoms with Crippen molar-refractivity contribution in [1.82, 2.24) is 15.6 Å². The van der Waals surface area contributed by atoms with Crippen LogP contribution in [0, 0.1) is 6.92 Å². The van der Waals surface area contributed by atoms with Crippen LogP contribution in [0.15, 0.2) is 29.6 Å². The van der Waals surface area contributed by atoms with Crippen molar-refractivity contribution >= 4 is 17.4 Å². The van der Waals surface area contributed by atoms with Gasteiger partial charge in [0.1, 0.15) is 10.8 Å². The summed E-state index contributed by atoms with van der Waals surface area (Å²) in [7, 11) is 1.63. The molecule has 0 atom stereocenters. The van der Waals surface area contributed by atoms with Gasteiger partial charge in [0.05, 0.1) is 13.7 Å². The summed E-state index contributed by atoms with van der Waals surface area (Å²) in [5, 5.41) is 8.45. The van der Waals surface area contributed by atoms with Crippen molar-refractivity contribution in [2.24, 2.45) is 0 Å². The number of thiazole rings is 1. The molecule has 0 aliphatic carbocycles. The van der Waals surface area contributed by atoms with Crippen LogP contribution in [0.2, 0.25) is 0 Å². The second kappa shape index (κ2) is 6.91. The van der Waals surface area contributed by atoms with Crippen molar-refractivity contribution in [1.29, 1.82) is 0 Å². The predicted octanol–water partition coefficient (Wildman–Crippen LogP) is 2.46. The molecule has 20 heavy (non-hydrogen) atoms. The summed E-state index contributed by atoms with van der Waals surface area (Å²) in [5.41, 5.74) is 2.00. The highest BCUT2D eigenvalue weighted by Crippen LogP contribution is 2.11. The lowest BCUT2D eigenvalue weighted by Gasteiger charge is -2.07. The van der Waals surface area contributed by atoms with Crippen molar-refractivity contribution < 1.29 is 9.53 Å². The van der Waals surface area contributed by atoms with E-state index in [-0.39, 0.29) is 6.03 Å². The summed E-state index contributed by atoms with van der Waals surface area (Å²) >= 11 is 1.54. The molecule has 1 aromatic carbocycles. The highest BCUT2D eigenvalue weighted by Gasteiger charge is 2.03.